The number of nitrogens with one attached hydrogen (secondary N) is 1. The molecule has 3 aromatic heterocycles. The first-order valence-corrected chi connectivity index (χ1v) is 12.6. The smallest absolute Gasteiger partial charge is 0.410 e. The third-order valence-corrected chi connectivity index (χ3v) is 6.50. The molecule has 0 atom stereocenters. The Labute approximate surface area is 223 Å². The van der Waals surface area contributed by atoms with E-state index in [1.165, 1.54) is 10.5 Å². The van der Waals surface area contributed by atoms with E-state index < -0.39 is 17.3 Å². The highest BCUT2D eigenvalue weighted by Gasteiger charge is 2.29. The van der Waals surface area contributed by atoms with Crippen LogP contribution in [-0.2, 0) is 11.8 Å². The minimum atomic E-state index is -0.564. The second-order valence-electron chi connectivity index (χ2n) is 10.4. The lowest BCUT2D eigenvalue weighted by Gasteiger charge is -2.37. The standard InChI is InChI=1S/C26H29ClFN7O3/c1-15-12-35-13-16(10-20(28)23(35)29-15)30-24(36)17-11-19(27)22(18-14-32(5)31-21(17)18)33-6-8-34(9-7-33)25(37)38-26(2,3)4/h10-14H,6-9H2,1-5H3,(H,30,36). The first-order chi connectivity index (χ1) is 17.9. The zero-order valence-electron chi connectivity index (χ0n) is 21.9. The van der Waals surface area contributed by atoms with Crippen LogP contribution in [0.1, 0.15) is 36.8 Å². The van der Waals surface area contributed by atoms with Gasteiger partial charge in [0.1, 0.15) is 11.1 Å². The zero-order chi connectivity index (χ0) is 27.4. The Morgan fingerprint density at radius 3 is 2.50 bits per heavy atom. The van der Waals surface area contributed by atoms with E-state index in [4.69, 9.17) is 16.3 Å². The summed E-state index contributed by atoms with van der Waals surface area (Å²) in [5, 5.41) is 8.37. The second-order valence-corrected chi connectivity index (χ2v) is 10.8. The van der Waals surface area contributed by atoms with Gasteiger partial charge in [-0.25, -0.2) is 14.2 Å². The molecule has 0 unspecified atom stereocenters. The molecular weight excluding hydrogens is 513 g/mol. The van der Waals surface area contributed by atoms with Crippen LogP contribution in [0.5, 0.6) is 0 Å². The number of aryl methyl sites for hydroxylation is 2. The predicted molar refractivity (Wildman–Crippen MR) is 144 cm³/mol. The van der Waals surface area contributed by atoms with Crippen molar-refractivity contribution in [2.45, 2.75) is 33.3 Å². The van der Waals surface area contributed by atoms with Gasteiger partial charge in [0.15, 0.2) is 11.5 Å². The van der Waals surface area contributed by atoms with Crippen LogP contribution in [-0.4, -0.2) is 67.8 Å². The van der Waals surface area contributed by atoms with Gasteiger partial charge >= 0.3 is 6.09 Å². The maximum atomic E-state index is 14.5. The molecule has 4 heterocycles. The maximum absolute atomic E-state index is 14.5. The van der Waals surface area contributed by atoms with Crippen molar-refractivity contribution in [1.29, 1.82) is 0 Å². The van der Waals surface area contributed by atoms with Gasteiger partial charge in [-0.15, -0.1) is 0 Å². The first kappa shape index (κ1) is 25.8. The Kier molecular flexibility index (Phi) is 6.42. The number of fused-ring (bicyclic) bond motifs is 2. The molecule has 38 heavy (non-hydrogen) atoms. The van der Waals surface area contributed by atoms with Gasteiger partial charge in [0, 0.05) is 63.3 Å². The van der Waals surface area contributed by atoms with E-state index in [9.17, 15) is 14.0 Å². The number of hydrogen-bond acceptors (Lipinski definition) is 6. The van der Waals surface area contributed by atoms with Crippen molar-refractivity contribution in [3.63, 3.8) is 0 Å². The van der Waals surface area contributed by atoms with E-state index in [-0.39, 0.29) is 23.0 Å². The van der Waals surface area contributed by atoms with Crippen LogP contribution in [0, 0.1) is 12.7 Å². The van der Waals surface area contributed by atoms with Crippen LogP contribution in [0.2, 0.25) is 5.02 Å². The third-order valence-electron chi connectivity index (χ3n) is 6.21. The third kappa shape index (κ3) is 4.98. The molecule has 200 valence electrons. The first-order valence-electron chi connectivity index (χ1n) is 12.2. The lowest BCUT2D eigenvalue weighted by Crippen LogP contribution is -2.50. The maximum Gasteiger partial charge on any atom is 0.410 e. The van der Waals surface area contributed by atoms with Crippen LogP contribution in [0.4, 0.5) is 20.6 Å². The number of rotatable bonds is 3. The molecule has 1 saturated heterocycles. The minimum absolute atomic E-state index is 0.187. The van der Waals surface area contributed by atoms with Crippen molar-refractivity contribution in [2.75, 3.05) is 36.4 Å². The average Bonchev–Trinajstić information content (AvgIpc) is 3.39. The van der Waals surface area contributed by atoms with E-state index in [2.05, 4.69) is 20.3 Å². The van der Waals surface area contributed by atoms with E-state index in [0.29, 0.717) is 47.8 Å². The Bertz CT molecular complexity index is 1560. The number of imidazole rings is 1. The molecule has 0 bridgehead atoms. The van der Waals surface area contributed by atoms with Gasteiger partial charge in [-0.05, 0) is 33.8 Å². The number of amides is 2. The lowest BCUT2D eigenvalue weighted by molar-refractivity contribution is 0.0240. The zero-order valence-corrected chi connectivity index (χ0v) is 22.6. The van der Waals surface area contributed by atoms with E-state index >= 15 is 0 Å². The van der Waals surface area contributed by atoms with Crippen LogP contribution in [0.3, 0.4) is 0 Å². The number of ether oxygens (including phenoxy) is 1. The van der Waals surface area contributed by atoms with Gasteiger partial charge in [0.2, 0.25) is 0 Å². The molecule has 0 aliphatic carbocycles. The van der Waals surface area contributed by atoms with Crippen molar-refractivity contribution < 1.29 is 18.7 Å². The number of piperazine rings is 1. The summed E-state index contributed by atoms with van der Waals surface area (Å²) in [6, 6.07) is 2.81. The molecular formula is C26H29ClFN7O3. The monoisotopic (exact) mass is 541 g/mol. The lowest BCUT2D eigenvalue weighted by atomic mass is 10.1. The Hall–Kier alpha value is -3.86. The Balaban J connectivity index is 1.41. The van der Waals surface area contributed by atoms with Crippen molar-refractivity contribution >= 4 is 51.5 Å². The van der Waals surface area contributed by atoms with Gasteiger partial charge in [-0.2, -0.15) is 5.10 Å². The molecule has 4 aromatic rings. The number of hydrogen-bond donors (Lipinski definition) is 1. The highest BCUT2D eigenvalue weighted by Crippen LogP contribution is 2.37. The summed E-state index contributed by atoms with van der Waals surface area (Å²) >= 11 is 6.75. The fraction of sp³-hybridized carbons (Fsp3) is 0.385. The van der Waals surface area contributed by atoms with Gasteiger partial charge in [-0.3, -0.25) is 9.48 Å². The molecule has 0 spiro atoms. The van der Waals surface area contributed by atoms with E-state index in [1.807, 2.05) is 27.0 Å². The van der Waals surface area contributed by atoms with Crippen LogP contribution in [0.15, 0.2) is 30.7 Å². The molecule has 12 heteroatoms. The van der Waals surface area contributed by atoms with Crippen molar-refractivity contribution in [3.05, 3.63) is 52.8 Å². The van der Waals surface area contributed by atoms with Gasteiger partial charge in [0.25, 0.3) is 5.91 Å². The minimum Gasteiger partial charge on any atom is -0.444 e. The normalized spacial score (nSPS) is 14.4. The Morgan fingerprint density at radius 2 is 1.82 bits per heavy atom. The molecule has 0 saturated carbocycles. The van der Waals surface area contributed by atoms with Gasteiger partial charge < -0.3 is 24.3 Å². The SMILES string of the molecule is Cc1cn2cc(NC(=O)c3cc(Cl)c(N4CCN(C(=O)OC(C)(C)C)CC4)c4cn(C)nc34)cc(F)c2n1. The molecule has 0 radical (unpaired) electrons. The molecule has 1 aliphatic heterocycles. The number of halogens is 2. The van der Waals surface area contributed by atoms with E-state index in [0.717, 1.165) is 5.69 Å². The summed E-state index contributed by atoms with van der Waals surface area (Å²) in [6.45, 7) is 9.30. The fourth-order valence-corrected chi connectivity index (χ4v) is 4.96. The quantitative estimate of drug-likeness (QED) is 0.406. The topological polar surface area (TPSA) is 97.0 Å². The predicted octanol–water partition coefficient (Wildman–Crippen LogP) is 4.63. The Morgan fingerprint density at radius 1 is 1.11 bits per heavy atom. The highest BCUT2D eigenvalue weighted by atomic mass is 35.5. The van der Waals surface area contributed by atoms with Crippen molar-refractivity contribution in [2.24, 2.45) is 7.05 Å². The summed E-state index contributed by atoms with van der Waals surface area (Å²) in [5.41, 5.74) is 2.05. The number of carbonyl (C=O) groups is 2. The summed E-state index contributed by atoms with van der Waals surface area (Å²) in [6.07, 6.45) is 4.75. The number of carbonyl (C=O) groups excluding carboxylic acids is 2. The molecule has 2 amide bonds. The van der Waals surface area contributed by atoms with Crippen LogP contribution >= 0.6 is 11.6 Å². The van der Waals surface area contributed by atoms with Crippen LogP contribution in [0.25, 0.3) is 16.6 Å². The summed E-state index contributed by atoms with van der Waals surface area (Å²) < 4.78 is 23.2. The molecule has 5 rings (SSSR count). The summed E-state index contributed by atoms with van der Waals surface area (Å²) in [5.74, 6) is -1.01. The summed E-state index contributed by atoms with van der Waals surface area (Å²) in [7, 11) is 1.77. The average molecular weight is 542 g/mol. The second kappa shape index (κ2) is 9.46. The number of aromatic nitrogens is 4. The fourth-order valence-electron chi connectivity index (χ4n) is 4.63. The van der Waals surface area contributed by atoms with Gasteiger partial charge in [0.05, 0.1) is 27.7 Å². The largest absolute Gasteiger partial charge is 0.444 e. The van der Waals surface area contributed by atoms with Crippen molar-refractivity contribution in [3.8, 4) is 0 Å². The molecule has 10 nitrogen and oxygen atoms in total. The number of pyridine rings is 1. The highest BCUT2D eigenvalue weighted by molar-refractivity contribution is 6.36. The van der Waals surface area contributed by atoms with Crippen molar-refractivity contribution in [1.82, 2.24) is 24.1 Å². The molecule has 1 N–H and O–H groups in total. The number of nitrogens with zero attached hydrogens (tertiary/aromatic N) is 6. The summed E-state index contributed by atoms with van der Waals surface area (Å²) in [4.78, 5) is 33.7. The number of anilines is 2. The van der Waals surface area contributed by atoms with Crippen LogP contribution < -0.4 is 10.2 Å². The molecule has 1 fully saturated rings. The molecule has 1 aromatic carbocycles. The number of benzene rings is 1. The van der Waals surface area contributed by atoms with E-state index in [1.54, 1.807) is 42.0 Å². The molecule has 1 aliphatic rings. The van der Waals surface area contributed by atoms with Gasteiger partial charge in [-0.1, -0.05) is 11.6 Å².